The number of non-ortho nitro benzene ring substituents is 1. The van der Waals surface area contributed by atoms with Crippen molar-refractivity contribution in [3.8, 4) is 11.4 Å². The topological polar surface area (TPSA) is 126 Å². The number of nitro groups is 1. The quantitative estimate of drug-likeness (QED) is 0.402. The van der Waals surface area contributed by atoms with E-state index in [2.05, 4.69) is 25.6 Å². The molecule has 3 rings (SSSR count). The van der Waals surface area contributed by atoms with Gasteiger partial charge in [0, 0.05) is 37.0 Å². The first-order valence-electron chi connectivity index (χ1n) is 8.70. The second-order valence-electron chi connectivity index (χ2n) is 6.18. The number of nitro benzene ring substituents is 1. The highest BCUT2D eigenvalue weighted by Crippen LogP contribution is 2.21. The van der Waals surface area contributed by atoms with Crippen LogP contribution in [0.2, 0.25) is 0 Å². The molecule has 1 atom stereocenters. The van der Waals surface area contributed by atoms with Gasteiger partial charge in [-0.25, -0.2) is 4.98 Å². The van der Waals surface area contributed by atoms with Crippen LogP contribution in [-0.2, 0) is 6.54 Å². The molecule has 0 aliphatic heterocycles. The number of nitrogens with zero attached hydrogens (tertiary/aromatic N) is 4. The van der Waals surface area contributed by atoms with Gasteiger partial charge in [0.15, 0.2) is 0 Å². The van der Waals surface area contributed by atoms with Gasteiger partial charge >= 0.3 is 0 Å². The summed E-state index contributed by atoms with van der Waals surface area (Å²) < 4.78 is 0. The molecule has 9 heteroatoms. The number of benzene rings is 1. The third-order valence-electron chi connectivity index (χ3n) is 3.92. The summed E-state index contributed by atoms with van der Waals surface area (Å²) in [5.74, 6) is 0.942. The van der Waals surface area contributed by atoms with Gasteiger partial charge in [-0.2, -0.15) is 4.98 Å². The maximum Gasteiger partial charge on any atom is 0.269 e. The first kappa shape index (κ1) is 19.2. The average Bonchev–Trinajstić information content (AvgIpc) is 2.73. The van der Waals surface area contributed by atoms with Crippen molar-refractivity contribution in [2.75, 3.05) is 17.2 Å². The maximum absolute atomic E-state index is 10.8. The van der Waals surface area contributed by atoms with Gasteiger partial charge in [0.2, 0.25) is 5.95 Å². The Hall–Kier alpha value is -3.59. The second-order valence-corrected chi connectivity index (χ2v) is 6.18. The number of hydrogen-bond acceptors (Lipinski definition) is 8. The molecule has 0 aliphatic carbocycles. The van der Waals surface area contributed by atoms with Gasteiger partial charge in [-0.05, 0) is 24.6 Å². The molecule has 3 aromatic rings. The van der Waals surface area contributed by atoms with Crippen molar-refractivity contribution >= 4 is 17.5 Å². The van der Waals surface area contributed by atoms with Crippen molar-refractivity contribution in [3.63, 3.8) is 0 Å². The molecule has 0 radical (unpaired) electrons. The Bertz CT molecular complexity index is 934. The van der Waals surface area contributed by atoms with Crippen LogP contribution in [-0.4, -0.2) is 37.6 Å². The molecule has 0 fully saturated rings. The van der Waals surface area contributed by atoms with E-state index in [0.717, 1.165) is 5.56 Å². The minimum Gasteiger partial charge on any atom is -0.394 e. The van der Waals surface area contributed by atoms with Crippen LogP contribution in [0.5, 0.6) is 0 Å². The molecule has 0 amide bonds. The fraction of sp³-hybridized carbons (Fsp3) is 0.211. The van der Waals surface area contributed by atoms with Crippen LogP contribution in [0.3, 0.4) is 0 Å². The van der Waals surface area contributed by atoms with Crippen molar-refractivity contribution in [2.45, 2.75) is 19.5 Å². The van der Waals surface area contributed by atoms with Crippen molar-refractivity contribution in [2.24, 2.45) is 0 Å². The number of aliphatic hydroxyl groups excluding tert-OH is 1. The predicted octanol–water partition coefficient (Wildman–Crippen LogP) is 2.85. The fourth-order valence-corrected chi connectivity index (χ4v) is 2.44. The molecule has 0 saturated heterocycles. The van der Waals surface area contributed by atoms with Crippen LogP contribution in [0.25, 0.3) is 11.4 Å². The molecule has 144 valence electrons. The number of nitrogens with one attached hydrogen (secondary N) is 2. The Morgan fingerprint density at radius 2 is 1.93 bits per heavy atom. The van der Waals surface area contributed by atoms with E-state index in [9.17, 15) is 15.2 Å². The van der Waals surface area contributed by atoms with Gasteiger partial charge in [0.1, 0.15) is 5.82 Å². The van der Waals surface area contributed by atoms with Crippen LogP contribution in [0.15, 0.2) is 54.7 Å². The molecule has 0 saturated carbocycles. The van der Waals surface area contributed by atoms with Gasteiger partial charge in [-0.1, -0.05) is 18.2 Å². The first-order valence-corrected chi connectivity index (χ1v) is 8.70. The number of aromatic nitrogens is 3. The van der Waals surface area contributed by atoms with Gasteiger partial charge in [0.05, 0.1) is 22.9 Å². The largest absolute Gasteiger partial charge is 0.394 e. The van der Waals surface area contributed by atoms with E-state index < -0.39 is 4.92 Å². The van der Waals surface area contributed by atoms with E-state index in [0.29, 0.717) is 29.7 Å². The Labute approximate surface area is 161 Å². The summed E-state index contributed by atoms with van der Waals surface area (Å²) in [6.07, 6.45) is 1.69. The van der Waals surface area contributed by atoms with Gasteiger partial charge in [-0.15, -0.1) is 0 Å². The molecule has 3 N–H and O–H groups in total. The number of hydrogen-bond donors (Lipinski definition) is 3. The van der Waals surface area contributed by atoms with Crippen molar-refractivity contribution in [3.05, 3.63) is 70.4 Å². The molecular weight excluding hydrogens is 360 g/mol. The van der Waals surface area contributed by atoms with E-state index in [-0.39, 0.29) is 18.3 Å². The van der Waals surface area contributed by atoms with Crippen molar-refractivity contribution in [1.29, 1.82) is 0 Å². The summed E-state index contributed by atoms with van der Waals surface area (Å²) >= 11 is 0. The lowest BCUT2D eigenvalue weighted by molar-refractivity contribution is -0.384. The highest BCUT2D eigenvalue weighted by Gasteiger charge is 2.10. The molecule has 9 nitrogen and oxygen atoms in total. The second kappa shape index (κ2) is 8.87. The van der Waals surface area contributed by atoms with Crippen LogP contribution >= 0.6 is 0 Å². The fourth-order valence-electron chi connectivity index (χ4n) is 2.44. The molecule has 0 spiro atoms. The van der Waals surface area contributed by atoms with E-state index in [1.54, 1.807) is 24.4 Å². The molecule has 28 heavy (non-hydrogen) atoms. The third-order valence-corrected chi connectivity index (χ3v) is 3.92. The van der Waals surface area contributed by atoms with Crippen LogP contribution in [0.1, 0.15) is 12.5 Å². The zero-order valence-corrected chi connectivity index (χ0v) is 15.2. The van der Waals surface area contributed by atoms with Crippen LogP contribution < -0.4 is 10.6 Å². The summed E-state index contributed by atoms with van der Waals surface area (Å²) in [7, 11) is 0. The van der Waals surface area contributed by atoms with Crippen LogP contribution in [0.4, 0.5) is 17.5 Å². The monoisotopic (exact) mass is 380 g/mol. The third kappa shape index (κ3) is 4.98. The van der Waals surface area contributed by atoms with E-state index in [4.69, 9.17) is 0 Å². The number of anilines is 2. The van der Waals surface area contributed by atoms with Gasteiger partial charge < -0.3 is 15.7 Å². The summed E-state index contributed by atoms with van der Waals surface area (Å²) in [5, 5.41) is 26.3. The van der Waals surface area contributed by atoms with Crippen molar-refractivity contribution in [1.82, 2.24) is 15.0 Å². The van der Waals surface area contributed by atoms with Gasteiger partial charge in [0.25, 0.3) is 5.69 Å². The smallest absolute Gasteiger partial charge is 0.269 e. The Kier molecular flexibility index (Phi) is 6.07. The maximum atomic E-state index is 10.8. The summed E-state index contributed by atoms with van der Waals surface area (Å²) in [5.41, 5.74) is 2.26. The van der Waals surface area contributed by atoms with Crippen LogP contribution in [0, 0.1) is 10.1 Å². The predicted molar refractivity (Wildman–Crippen MR) is 106 cm³/mol. The lowest BCUT2D eigenvalue weighted by Crippen LogP contribution is -2.21. The zero-order chi connectivity index (χ0) is 19.9. The highest BCUT2D eigenvalue weighted by atomic mass is 16.6. The van der Waals surface area contributed by atoms with E-state index in [1.165, 1.54) is 12.1 Å². The lowest BCUT2D eigenvalue weighted by atomic mass is 10.2. The molecule has 0 unspecified atom stereocenters. The molecule has 2 heterocycles. The summed E-state index contributed by atoms with van der Waals surface area (Å²) in [6, 6.07) is 13.4. The average molecular weight is 380 g/mol. The lowest BCUT2D eigenvalue weighted by Gasteiger charge is -2.14. The normalized spacial score (nSPS) is 11.6. The summed E-state index contributed by atoms with van der Waals surface area (Å²) in [4.78, 5) is 23.5. The Morgan fingerprint density at radius 3 is 2.57 bits per heavy atom. The zero-order valence-electron chi connectivity index (χ0n) is 15.2. The minimum atomic E-state index is -0.430. The highest BCUT2D eigenvalue weighted by molar-refractivity contribution is 5.61. The number of pyridine rings is 1. The van der Waals surface area contributed by atoms with Gasteiger partial charge in [-0.3, -0.25) is 15.1 Å². The SMILES string of the molecule is C[C@H](CO)Nc1nc(NCc2ccc([N+](=O)[O-])cc2)cc(-c2ccccn2)n1. The Morgan fingerprint density at radius 1 is 1.14 bits per heavy atom. The number of aliphatic hydroxyl groups is 1. The molecule has 0 aliphatic rings. The van der Waals surface area contributed by atoms with E-state index in [1.807, 2.05) is 25.1 Å². The molecule has 1 aromatic carbocycles. The molecule has 0 bridgehead atoms. The first-order chi connectivity index (χ1) is 13.5. The van der Waals surface area contributed by atoms with E-state index >= 15 is 0 Å². The minimum absolute atomic E-state index is 0.0488. The standard InChI is InChI=1S/C19H20N6O3/c1-13(12-26)22-19-23-17(16-4-2-3-9-20-16)10-18(24-19)21-11-14-5-7-15(8-6-14)25(27)28/h2-10,13,26H,11-12H2,1H3,(H2,21,22,23,24)/t13-/m1/s1. The van der Waals surface area contributed by atoms with Crippen molar-refractivity contribution < 1.29 is 10.0 Å². The summed E-state index contributed by atoms with van der Waals surface area (Å²) in [6.45, 7) is 2.20. The molecular formula is C19H20N6O3. The Balaban J connectivity index is 1.82. The molecule has 2 aromatic heterocycles. The number of rotatable bonds is 8.